The molecule has 4 heteroatoms. The zero-order chi connectivity index (χ0) is 15.2. The van der Waals surface area contributed by atoms with E-state index in [1.54, 1.807) is 0 Å². The molecule has 0 heterocycles. The molecule has 1 atom stereocenters. The van der Waals surface area contributed by atoms with E-state index in [0.717, 1.165) is 57.8 Å². The molecule has 20 heavy (non-hydrogen) atoms. The summed E-state index contributed by atoms with van der Waals surface area (Å²) in [7, 11) is 4.01. The van der Waals surface area contributed by atoms with Crippen LogP contribution in [0.15, 0.2) is 0 Å². The fourth-order valence-electron chi connectivity index (χ4n) is 2.07. The van der Waals surface area contributed by atoms with Crippen LogP contribution in [-0.4, -0.2) is 43.9 Å². The molecule has 0 aliphatic carbocycles. The summed E-state index contributed by atoms with van der Waals surface area (Å²) in [6.07, 6.45) is 9.52. The molecular weight excluding hydrogens is 254 g/mol. The number of carbonyl (C=O) groups is 2. The second-order valence-electron chi connectivity index (χ2n) is 5.72. The molecule has 0 saturated heterocycles. The average Bonchev–Trinajstić information content (AvgIpc) is 2.37. The van der Waals surface area contributed by atoms with Crippen LogP contribution in [0.4, 0.5) is 0 Å². The van der Waals surface area contributed by atoms with Gasteiger partial charge in [0.05, 0.1) is 6.10 Å². The molecule has 0 aromatic carbocycles. The Hall–Kier alpha value is -0.900. The van der Waals surface area contributed by atoms with E-state index >= 15 is 0 Å². The lowest BCUT2D eigenvalue weighted by molar-refractivity contribution is -0.148. The second-order valence-corrected chi connectivity index (χ2v) is 5.72. The lowest BCUT2D eigenvalue weighted by atomic mass is 10.1. The Morgan fingerprint density at radius 2 is 1.75 bits per heavy atom. The van der Waals surface area contributed by atoms with E-state index in [9.17, 15) is 9.59 Å². The van der Waals surface area contributed by atoms with Crippen LogP contribution in [0.3, 0.4) is 0 Å². The minimum absolute atomic E-state index is 0.0248. The van der Waals surface area contributed by atoms with Crippen molar-refractivity contribution in [3.63, 3.8) is 0 Å². The molecule has 0 aliphatic rings. The number of nitrogens with zero attached hydrogens (tertiary/aromatic N) is 1. The van der Waals surface area contributed by atoms with Crippen LogP contribution < -0.4 is 0 Å². The summed E-state index contributed by atoms with van der Waals surface area (Å²) in [6, 6.07) is 0. The third-order valence-corrected chi connectivity index (χ3v) is 3.25. The number of unbranched alkanes of at least 4 members (excludes halogenated alkanes) is 5. The maximum absolute atomic E-state index is 11.6. The Morgan fingerprint density at radius 1 is 1.10 bits per heavy atom. The third kappa shape index (κ3) is 13.5. The SMILES string of the molecule is CC(CCCCCCCC=O)OC(=O)CCCN(C)C. The number of carbonyl (C=O) groups excluding carboxylic acids is 2. The standard InChI is InChI=1S/C16H31NO3/c1-15(11-8-6-4-5-7-9-14-18)20-16(19)12-10-13-17(2)3/h14-15H,4-13H2,1-3H3. The lowest BCUT2D eigenvalue weighted by Crippen LogP contribution is -2.18. The van der Waals surface area contributed by atoms with Gasteiger partial charge in [-0.2, -0.15) is 0 Å². The quantitative estimate of drug-likeness (QED) is 0.296. The fraction of sp³-hybridized carbons (Fsp3) is 0.875. The van der Waals surface area contributed by atoms with Gasteiger partial charge in [0.15, 0.2) is 0 Å². The van der Waals surface area contributed by atoms with E-state index in [2.05, 4.69) is 4.90 Å². The van der Waals surface area contributed by atoms with Gasteiger partial charge in [-0.3, -0.25) is 4.79 Å². The van der Waals surface area contributed by atoms with Crippen LogP contribution >= 0.6 is 0 Å². The van der Waals surface area contributed by atoms with Crippen LogP contribution in [0.25, 0.3) is 0 Å². The molecule has 118 valence electrons. The van der Waals surface area contributed by atoms with Crippen molar-refractivity contribution in [3.05, 3.63) is 0 Å². The Balaban J connectivity index is 3.41. The highest BCUT2D eigenvalue weighted by Crippen LogP contribution is 2.10. The number of aldehydes is 1. The Labute approximate surface area is 123 Å². The van der Waals surface area contributed by atoms with Crippen LogP contribution in [0, 0.1) is 0 Å². The molecule has 0 bridgehead atoms. The lowest BCUT2D eigenvalue weighted by Gasteiger charge is -2.14. The van der Waals surface area contributed by atoms with Gasteiger partial charge in [-0.25, -0.2) is 0 Å². The first-order chi connectivity index (χ1) is 9.56. The molecule has 0 aromatic rings. The Bertz CT molecular complexity index is 254. The van der Waals surface area contributed by atoms with Crippen molar-refractivity contribution in [1.29, 1.82) is 0 Å². The maximum Gasteiger partial charge on any atom is 0.306 e. The van der Waals surface area contributed by atoms with Crippen LogP contribution in [0.1, 0.15) is 64.7 Å². The molecule has 0 spiro atoms. The third-order valence-electron chi connectivity index (χ3n) is 3.25. The molecule has 0 aliphatic heterocycles. The fourth-order valence-corrected chi connectivity index (χ4v) is 2.07. The zero-order valence-corrected chi connectivity index (χ0v) is 13.4. The molecule has 1 unspecified atom stereocenters. The molecule has 0 saturated carbocycles. The summed E-state index contributed by atoms with van der Waals surface area (Å²) < 4.78 is 5.37. The first-order valence-corrected chi connectivity index (χ1v) is 7.84. The number of hydrogen-bond acceptors (Lipinski definition) is 4. The van der Waals surface area contributed by atoms with Crippen LogP contribution in [0.5, 0.6) is 0 Å². The molecule has 0 amide bonds. The van der Waals surface area contributed by atoms with Gasteiger partial charge in [0.2, 0.25) is 0 Å². The average molecular weight is 285 g/mol. The van der Waals surface area contributed by atoms with E-state index in [0.29, 0.717) is 12.8 Å². The van der Waals surface area contributed by atoms with Gasteiger partial charge in [0, 0.05) is 12.8 Å². The molecule has 0 aromatic heterocycles. The highest BCUT2D eigenvalue weighted by atomic mass is 16.5. The summed E-state index contributed by atoms with van der Waals surface area (Å²) in [5, 5.41) is 0. The van der Waals surface area contributed by atoms with E-state index in [4.69, 9.17) is 4.74 Å². The first kappa shape index (κ1) is 19.1. The minimum atomic E-state index is -0.0784. The summed E-state index contributed by atoms with van der Waals surface area (Å²) in [5.74, 6) is -0.0784. The molecule has 0 rings (SSSR count). The van der Waals surface area contributed by atoms with E-state index < -0.39 is 0 Å². The molecule has 4 nitrogen and oxygen atoms in total. The summed E-state index contributed by atoms with van der Waals surface area (Å²) >= 11 is 0. The highest BCUT2D eigenvalue weighted by Gasteiger charge is 2.09. The minimum Gasteiger partial charge on any atom is -0.463 e. The van der Waals surface area contributed by atoms with Crippen molar-refractivity contribution < 1.29 is 14.3 Å². The molecule has 0 radical (unpaired) electrons. The summed E-state index contributed by atoms with van der Waals surface area (Å²) in [4.78, 5) is 23.8. The van der Waals surface area contributed by atoms with Gasteiger partial charge in [-0.05, 0) is 53.2 Å². The van der Waals surface area contributed by atoms with Crippen molar-refractivity contribution in [2.75, 3.05) is 20.6 Å². The van der Waals surface area contributed by atoms with Crippen molar-refractivity contribution in [2.45, 2.75) is 70.8 Å². The van der Waals surface area contributed by atoms with Crippen molar-refractivity contribution >= 4 is 12.3 Å². The molecular formula is C16H31NO3. The van der Waals surface area contributed by atoms with E-state index in [1.165, 1.54) is 0 Å². The van der Waals surface area contributed by atoms with Crippen molar-refractivity contribution in [1.82, 2.24) is 4.90 Å². The smallest absolute Gasteiger partial charge is 0.306 e. The van der Waals surface area contributed by atoms with Crippen molar-refractivity contribution in [3.8, 4) is 0 Å². The number of esters is 1. The Morgan fingerprint density at radius 3 is 2.40 bits per heavy atom. The Kier molecular flexibility index (Phi) is 12.5. The topological polar surface area (TPSA) is 46.6 Å². The largest absolute Gasteiger partial charge is 0.463 e. The predicted octanol–water partition coefficient (Wildman–Crippen LogP) is 3.19. The summed E-state index contributed by atoms with van der Waals surface area (Å²) in [6.45, 7) is 2.89. The van der Waals surface area contributed by atoms with Gasteiger partial charge in [0.25, 0.3) is 0 Å². The van der Waals surface area contributed by atoms with Gasteiger partial charge in [-0.1, -0.05) is 19.3 Å². The van der Waals surface area contributed by atoms with Crippen LogP contribution in [-0.2, 0) is 14.3 Å². The second kappa shape index (κ2) is 13.1. The summed E-state index contributed by atoms with van der Waals surface area (Å²) in [5.41, 5.74) is 0. The highest BCUT2D eigenvalue weighted by molar-refractivity contribution is 5.69. The first-order valence-electron chi connectivity index (χ1n) is 7.84. The number of rotatable bonds is 13. The van der Waals surface area contributed by atoms with Gasteiger partial charge < -0.3 is 14.4 Å². The van der Waals surface area contributed by atoms with E-state index in [-0.39, 0.29) is 12.1 Å². The molecule has 0 fully saturated rings. The van der Waals surface area contributed by atoms with Gasteiger partial charge in [0.1, 0.15) is 6.29 Å². The van der Waals surface area contributed by atoms with E-state index in [1.807, 2.05) is 21.0 Å². The predicted molar refractivity (Wildman–Crippen MR) is 81.7 cm³/mol. The zero-order valence-electron chi connectivity index (χ0n) is 13.4. The normalized spacial score (nSPS) is 12.4. The number of ether oxygens (including phenoxy) is 1. The maximum atomic E-state index is 11.6. The van der Waals surface area contributed by atoms with Crippen molar-refractivity contribution in [2.24, 2.45) is 0 Å². The van der Waals surface area contributed by atoms with Gasteiger partial charge >= 0.3 is 5.97 Å². The van der Waals surface area contributed by atoms with Crippen LogP contribution in [0.2, 0.25) is 0 Å². The monoisotopic (exact) mass is 285 g/mol. The molecule has 0 N–H and O–H groups in total. The number of hydrogen-bond donors (Lipinski definition) is 0. The van der Waals surface area contributed by atoms with Gasteiger partial charge in [-0.15, -0.1) is 0 Å².